The molecule has 33 heavy (non-hydrogen) atoms. The molecule has 0 fully saturated rings. The number of fused-ring (bicyclic) bond motifs is 1. The summed E-state index contributed by atoms with van der Waals surface area (Å²) in [6.45, 7) is 2.04. The number of H-pyrrole nitrogens is 1. The van der Waals surface area contributed by atoms with E-state index in [0.29, 0.717) is 12.8 Å². The zero-order chi connectivity index (χ0) is 23.2. The van der Waals surface area contributed by atoms with E-state index < -0.39 is 12.1 Å². The van der Waals surface area contributed by atoms with Crippen molar-refractivity contribution >= 4 is 16.8 Å². The summed E-state index contributed by atoms with van der Waals surface area (Å²) in [4.78, 5) is 16.4. The molecule has 0 aliphatic heterocycles. The minimum absolute atomic E-state index is 0.119. The van der Waals surface area contributed by atoms with Gasteiger partial charge in [-0.3, -0.25) is 4.79 Å². The highest BCUT2D eigenvalue weighted by Crippen LogP contribution is 2.26. The van der Waals surface area contributed by atoms with Gasteiger partial charge in [0.15, 0.2) is 0 Å². The lowest BCUT2D eigenvalue weighted by molar-refractivity contribution is -0.122. The molecule has 1 heterocycles. The maximum Gasteiger partial charge on any atom is 0.220 e. The molecule has 1 aromatic heterocycles. The van der Waals surface area contributed by atoms with Gasteiger partial charge in [0.05, 0.1) is 12.1 Å². The van der Waals surface area contributed by atoms with Gasteiger partial charge in [0.2, 0.25) is 5.91 Å². The number of nitrogens with two attached hydrogens (primary N) is 1. The third-order valence-corrected chi connectivity index (χ3v) is 6.02. The van der Waals surface area contributed by atoms with Crippen LogP contribution < -0.4 is 11.1 Å². The van der Waals surface area contributed by atoms with Crippen LogP contribution in [0.15, 0.2) is 84.9 Å². The first-order valence-corrected chi connectivity index (χ1v) is 11.4. The lowest BCUT2D eigenvalue weighted by atomic mass is 9.98. The van der Waals surface area contributed by atoms with Gasteiger partial charge in [0, 0.05) is 23.7 Å². The van der Waals surface area contributed by atoms with Crippen LogP contribution in [-0.2, 0) is 11.2 Å². The number of aromatic amines is 1. The molecule has 0 aliphatic carbocycles. The Hall–Kier alpha value is -3.41. The van der Waals surface area contributed by atoms with Crippen molar-refractivity contribution < 1.29 is 9.90 Å². The summed E-state index contributed by atoms with van der Waals surface area (Å²) in [5.41, 5.74) is 11.4. The Morgan fingerprint density at radius 2 is 1.76 bits per heavy atom. The standard InChI is InChI=1S/C28H31N3O2/c1-19-8-7-12-22(16-19)28(25-18-21-11-5-6-13-24(21)30-25)31-27(33)15-14-26(32)23(29)17-20-9-3-2-4-10-20/h2-13,16,18,23,26,28,30,32H,14-15,17,29H2,1H3,(H,31,33)/t23-,26-,28?/m0/s1. The number of amides is 1. The predicted molar refractivity (Wildman–Crippen MR) is 133 cm³/mol. The number of aryl methyl sites for hydroxylation is 1. The van der Waals surface area contributed by atoms with Crippen molar-refractivity contribution in [1.29, 1.82) is 0 Å². The number of rotatable bonds is 9. The third kappa shape index (κ3) is 5.89. The van der Waals surface area contributed by atoms with E-state index in [1.807, 2.05) is 73.7 Å². The lowest BCUT2D eigenvalue weighted by Crippen LogP contribution is -2.38. The fourth-order valence-electron chi connectivity index (χ4n) is 4.19. The van der Waals surface area contributed by atoms with Crippen molar-refractivity contribution in [3.05, 3.63) is 107 Å². The van der Waals surface area contributed by atoms with Crippen LogP contribution in [0, 0.1) is 6.92 Å². The van der Waals surface area contributed by atoms with E-state index in [-0.39, 0.29) is 18.4 Å². The number of hydrogen-bond acceptors (Lipinski definition) is 3. The second-order valence-electron chi connectivity index (χ2n) is 8.69. The Kier molecular flexibility index (Phi) is 7.23. The monoisotopic (exact) mass is 441 g/mol. The molecule has 0 spiro atoms. The normalized spacial score (nSPS) is 14.0. The van der Waals surface area contributed by atoms with E-state index in [1.165, 1.54) is 0 Å². The first-order valence-electron chi connectivity index (χ1n) is 11.4. The van der Waals surface area contributed by atoms with Gasteiger partial charge >= 0.3 is 0 Å². The maximum atomic E-state index is 12.9. The van der Waals surface area contributed by atoms with Crippen LogP contribution in [0.5, 0.6) is 0 Å². The number of para-hydroxylation sites is 1. The molecule has 5 nitrogen and oxygen atoms in total. The molecular weight excluding hydrogens is 410 g/mol. The van der Waals surface area contributed by atoms with Gasteiger partial charge in [-0.1, -0.05) is 78.4 Å². The number of nitrogens with one attached hydrogen (secondary N) is 2. The van der Waals surface area contributed by atoms with E-state index in [2.05, 4.69) is 28.5 Å². The summed E-state index contributed by atoms with van der Waals surface area (Å²) in [5, 5.41) is 14.8. The van der Waals surface area contributed by atoms with Crippen molar-refractivity contribution in [2.75, 3.05) is 0 Å². The zero-order valence-electron chi connectivity index (χ0n) is 18.9. The fourth-order valence-corrected chi connectivity index (χ4v) is 4.19. The van der Waals surface area contributed by atoms with Crippen molar-refractivity contribution in [3.63, 3.8) is 0 Å². The van der Waals surface area contributed by atoms with Gasteiger partial charge in [-0.2, -0.15) is 0 Å². The summed E-state index contributed by atoms with van der Waals surface area (Å²) in [6, 6.07) is 27.4. The quantitative estimate of drug-likeness (QED) is 0.310. The van der Waals surface area contributed by atoms with Crippen molar-refractivity contribution in [2.24, 2.45) is 5.73 Å². The average molecular weight is 442 g/mol. The molecule has 170 valence electrons. The zero-order valence-corrected chi connectivity index (χ0v) is 18.9. The van der Waals surface area contributed by atoms with Gasteiger partial charge in [-0.15, -0.1) is 0 Å². The van der Waals surface area contributed by atoms with Gasteiger partial charge < -0.3 is 21.1 Å². The van der Waals surface area contributed by atoms with Gasteiger partial charge in [0.25, 0.3) is 0 Å². The van der Waals surface area contributed by atoms with Crippen molar-refractivity contribution in [2.45, 2.75) is 44.4 Å². The van der Waals surface area contributed by atoms with Crippen LogP contribution >= 0.6 is 0 Å². The van der Waals surface area contributed by atoms with Crippen LogP contribution in [-0.4, -0.2) is 28.1 Å². The molecule has 3 atom stereocenters. The highest BCUT2D eigenvalue weighted by atomic mass is 16.3. The molecular formula is C28H31N3O2. The molecule has 4 rings (SSSR count). The van der Waals surface area contributed by atoms with E-state index in [9.17, 15) is 9.90 Å². The number of hydrogen-bond donors (Lipinski definition) is 4. The van der Waals surface area contributed by atoms with Crippen LogP contribution in [0.1, 0.15) is 41.3 Å². The van der Waals surface area contributed by atoms with Gasteiger partial charge in [-0.05, 0) is 48.4 Å². The summed E-state index contributed by atoms with van der Waals surface area (Å²) >= 11 is 0. The number of carbonyl (C=O) groups is 1. The Labute approximate surface area is 194 Å². The second kappa shape index (κ2) is 10.5. The summed E-state index contributed by atoms with van der Waals surface area (Å²) in [7, 11) is 0. The fraction of sp³-hybridized carbons (Fsp3) is 0.250. The number of aliphatic hydroxyl groups is 1. The molecule has 0 saturated carbocycles. The molecule has 5 heteroatoms. The van der Waals surface area contributed by atoms with E-state index >= 15 is 0 Å². The molecule has 1 unspecified atom stereocenters. The molecule has 5 N–H and O–H groups in total. The molecule has 3 aromatic carbocycles. The topological polar surface area (TPSA) is 91.1 Å². The van der Waals surface area contributed by atoms with E-state index in [1.54, 1.807) is 0 Å². The maximum absolute atomic E-state index is 12.9. The lowest BCUT2D eigenvalue weighted by Gasteiger charge is -2.21. The highest BCUT2D eigenvalue weighted by molar-refractivity contribution is 5.81. The average Bonchev–Trinajstić information content (AvgIpc) is 3.25. The van der Waals surface area contributed by atoms with Crippen molar-refractivity contribution in [3.8, 4) is 0 Å². The molecule has 0 radical (unpaired) electrons. The van der Waals surface area contributed by atoms with Crippen LogP contribution in [0.3, 0.4) is 0 Å². The predicted octanol–water partition coefficient (Wildman–Crippen LogP) is 4.39. The van der Waals surface area contributed by atoms with Crippen LogP contribution in [0.4, 0.5) is 0 Å². The first kappa shape index (κ1) is 22.8. The minimum atomic E-state index is -0.749. The molecule has 0 saturated heterocycles. The number of carbonyl (C=O) groups excluding carboxylic acids is 1. The molecule has 4 aromatic rings. The number of benzene rings is 3. The third-order valence-electron chi connectivity index (χ3n) is 6.02. The van der Waals surface area contributed by atoms with Crippen molar-refractivity contribution in [1.82, 2.24) is 10.3 Å². The van der Waals surface area contributed by atoms with Gasteiger partial charge in [-0.25, -0.2) is 0 Å². The summed E-state index contributed by atoms with van der Waals surface area (Å²) < 4.78 is 0. The second-order valence-corrected chi connectivity index (χ2v) is 8.69. The Morgan fingerprint density at radius 3 is 2.52 bits per heavy atom. The Morgan fingerprint density at radius 1 is 1.00 bits per heavy atom. The van der Waals surface area contributed by atoms with Gasteiger partial charge in [0.1, 0.15) is 0 Å². The highest BCUT2D eigenvalue weighted by Gasteiger charge is 2.21. The summed E-state index contributed by atoms with van der Waals surface area (Å²) in [6.07, 6.45) is 0.339. The van der Waals surface area contributed by atoms with Crippen LogP contribution in [0.25, 0.3) is 10.9 Å². The Balaban J connectivity index is 1.44. The smallest absolute Gasteiger partial charge is 0.220 e. The Bertz CT molecular complexity index is 1170. The number of aliphatic hydroxyl groups excluding tert-OH is 1. The van der Waals surface area contributed by atoms with E-state index in [4.69, 9.17) is 5.73 Å². The largest absolute Gasteiger partial charge is 0.391 e. The molecule has 1 amide bonds. The number of aromatic nitrogens is 1. The SMILES string of the molecule is Cc1cccc(C(NC(=O)CC[C@H](O)[C@@H](N)Cc2ccccc2)c2cc3ccccc3[nH]2)c1. The minimum Gasteiger partial charge on any atom is -0.391 e. The summed E-state index contributed by atoms with van der Waals surface area (Å²) in [5.74, 6) is -0.119. The van der Waals surface area contributed by atoms with Crippen LogP contribution in [0.2, 0.25) is 0 Å². The molecule has 0 aliphatic rings. The van der Waals surface area contributed by atoms with E-state index in [0.717, 1.165) is 33.3 Å². The first-order chi connectivity index (χ1) is 16.0. The molecule has 0 bridgehead atoms.